The molecule has 0 fully saturated rings. The van der Waals surface area contributed by atoms with Gasteiger partial charge in [0, 0.05) is 6.42 Å². The van der Waals surface area contributed by atoms with E-state index in [2.05, 4.69) is 0 Å². The molecule has 9 heteroatoms. The Morgan fingerprint density at radius 1 is 0.731 bits per heavy atom. The molecule has 0 aromatic heterocycles. The lowest BCUT2D eigenvalue weighted by atomic mass is 10.3. The third-order valence-electron chi connectivity index (χ3n) is 3.54. The quantitative estimate of drug-likeness (QED) is 0.390. The molecule has 0 saturated heterocycles. The molecule has 1 aromatic rings. The summed E-state index contributed by atoms with van der Waals surface area (Å²) in [6.45, 7) is 8.79. The Labute approximate surface area is 156 Å². The summed E-state index contributed by atoms with van der Waals surface area (Å²) in [6.07, 6.45) is 0.0381. The van der Waals surface area contributed by atoms with Gasteiger partial charge in [0.05, 0.1) is 26.4 Å². The summed E-state index contributed by atoms with van der Waals surface area (Å²) < 4.78 is 55.7. The van der Waals surface area contributed by atoms with Crippen LogP contribution in [0.1, 0.15) is 41.0 Å². The lowest BCUT2D eigenvalue weighted by molar-refractivity contribution is 0.0955. The summed E-state index contributed by atoms with van der Waals surface area (Å²) in [4.78, 5) is 0. The van der Waals surface area contributed by atoms with E-state index in [1.54, 1.807) is 58.9 Å². The highest BCUT2D eigenvalue weighted by Crippen LogP contribution is 2.79. The summed E-state index contributed by atoms with van der Waals surface area (Å²) in [5.74, 6) is 0.369. The fraction of sp³-hybridized carbons (Fsp3) is 0.647. The van der Waals surface area contributed by atoms with Crippen LogP contribution < -0.4 is 4.74 Å². The molecule has 1 rings (SSSR count). The van der Waals surface area contributed by atoms with E-state index < -0.39 is 20.3 Å². The van der Waals surface area contributed by atoms with Gasteiger partial charge >= 0.3 is 20.3 Å². The molecule has 150 valence electrons. The maximum absolute atomic E-state index is 13.8. The molecular weight excluding hydrogens is 378 g/mol. The van der Waals surface area contributed by atoms with Gasteiger partial charge < -0.3 is 22.8 Å². The van der Waals surface area contributed by atoms with Gasteiger partial charge in [0.1, 0.15) is 5.75 Å². The van der Waals surface area contributed by atoms with Crippen molar-refractivity contribution in [3.63, 3.8) is 0 Å². The van der Waals surface area contributed by atoms with Crippen LogP contribution in [0.2, 0.25) is 0 Å². The van der Waals surface area contributed by atoms with Crippen LogP contribution in [0.25, 0.3) is 0 Å². The van der Waals surface area contributed by atoms with Gasteiger partial charge in [-0.05, 0) is 39.8 Å². The minimum absolute atomic E-state index is 0.0381. The molecular formula is C17H30O7P2. The highest BCUT2D eigenvalue weighted by atomic mass is 31.2. The zero-order chi connectivity index (χ0) is 19.7. The highest BCUT2D eigenvalue weighted by Gasteiger charge is 2.67. The number of para-hydroxylation sites is 1. The number of hydrogen-bond acceptors (Lipinski definition) is 7. The third kappa shape index (κ3) is 4.78. The molecule has 0 aliphatic carbocycles. The van der Waals surface area contributed by atoms with Crippen molar-refractivity contribution in [2.45, 2.75) is 46.1 Å². The van der Waals surface area contributed by atoms with Crippen molar-refractivity contribution in [3.8, 4) is 5.75 Å². The second-order valence-electron chi connectivity index (χ2n) is 5.18. The molecule has 0 saturated carbocycles. The van der Waals surface area contributed by atoms with Gasteiger partial charge in [-0.2, -0.15) is 0 Å². The molecule has 1 aromatic carbocycles. The molecule has 0 N–H and O–H groups in total. The van der Waals surface area contributed by atoms with E-state index in [0.29, 0.717) is 5.75 Å². The van der Waals surface area contributed by atoms with E-state index in [1.165, 1.54) is 0 Å². The molecule has 0 unspecified atom stereocenters. The molecule has 0 bridgehead atoms. The molecule has 0 spiro atoms. The average molecular weight is 408 g/mol. The Morgan fingerprint density at radius 3 is 1.42 bits per heavy atom. The number of benzene rings is 1. The van der Waals surface area contributed by atoms with Crippen molar-refractivity contribution in [1.82, 2.24) is 0 Å². The van der Waals surface area contributed by atoms with Crippen molar-refractivity contribution in [2.24, 2.45) is 0 Å². The van der Waals surface area contributed by atoms with E-state index in [9.17, 15) is 9.13 Å². The summed E-state index contributed by atoms with van der Waals surface area (Å²) in [5, 5.41) is -1.92. The smallest absolute Gasteiger partial charge is 0.386 e. The van der Waals surface area contributed by atoms with E-state index in [-0.39, 0.29) is 32.8 Å². The Kier molecular flexibility index (Phi) is 9.53. The van der Waals surface area contributed by atoms with Crippen LogP contribution >= 0.6 is 15.2 Å². The predicted molar refractivity (Wildman–Crippen MR) is 102 cm³/mol. The molecule has 26 heavy (non-hydrogen) atoms. The van der Waals surface area contributed by atoms with Crippen LogP contribution in [-0.2, 0) is 27.2 Å². The highest BCUT2D eigenvalue weighted by molar-refractivity contribution is 7.74. The van der Waals surface area contributed by atoms with Gasteiger partial charge in [-0.1, -0.05) is 25.1 Å². The average Bonchev–Trinajstić information content (AvgIpc) is 2.61. The predicted octanol–water partition coefficient (Wildman–Crippen LogP) is 5.66. The van der Waals surface area contributed by atoms with E-state index >= 15 is 0 Å². The van der Waals surface area contributed by atoms with Crippen molar-refractivity contribution in [2.75, 3.05) is 26.4 Å². The molecule has 0 heterocycles. The van der Waals surface area contributed by atoms with Crippen molar-refractivity contribution >= 4 is 15.2 Å². The Hall–Kier alpha value is -0.680. The van der Waals surface area contributed by atoms with Crippen LogP contribution in [0, 0.1) is 0 Å². The fourth-order valence-corrected chi connectivity index (χ4v) is 7.97. The van der Waals surface area contributed by atoms with Crippen LogP contribution in [0.15, 0.2) is 30.3 Å². The first-order valence-electron chi connectivity index (χ1n) is 8.91. The third-order valence-corrected chi connectivity index (χ3v) is 9.93. The first kappa shape index (κ1) is 23.4. The van der Waals surface area contributed by atoms with Crippen LogP contribution in [0.3, 0.4) is 0 Å². The largest absolute Gasteiger partial charge is 0.462 e. The maximum Gasteiger partial charge on any atom is 0.386 e. The fourth-order valence-electron chi connectivity index (χ4n) is 2.56. The van der Waals surface area contributed by atoms with Crippen LogP contribution in [0.4, 0.5) is 0 Å². The zero-order valence-corrected chi connectivity index (χ0v) is 18.0. The Balaban J connectivity index is 3.64. The van der Waals surface area contributed by atoms with Gasteiger partial charge in [-0.3, -0.25) is 9.13 Å². The van der Waals surface area contributed by atoms with E-state index in [0.717, 1.165) is 0 Å². The first-order chi connectivity index (χ1) is 12.4. The van der Waals surface area contributed by atoms with Gasteiger partial charge in [0.25, 0.3) is 0 Å². The van der Waals surface area contributed by atoms with Gasteiger partial charge in [-0.15, -0.1) is 0 Å². The number of rotatable bonds is 13. The lowest BCUT2D eigenvalue weighted by Gasteiger charge is -2.41. The second-order valence-corrected chi connectivity index (χ2v) is 10.00. The summed E-state index contributed by atoms with van der Waals surface area (Å²) >= 11 is 0. The zero-order valence-electron chi connectivity index (χ0n) is 16.2. The van der Waals surface area contributed by atoms with Crippen LogP contribution in [-0.4, -0.2) is 31.5 Å². The van der Waals surface area contributed by atoms with Gasteiger partial charge in [0.2, 0.25) is 0 Å². The second kappa shape index (κ2) is 10.6. The van der Waals surface area contributed by atoms with Crippen molar-refractivity contribution < 1.29 is 32.0 Å². The number of hydrogen-bond donors (Lipinski definition) is 0. The molecule has 7 nitrogen and oxygen atoms in total. The minimum Gasteiger partial charge on any atom is -0.462 e. The summed E-state index contributed by atoms with van der Waals surface area (Å²) in [7, 11) is -8.08. The van der Waals surface area contributed by atoms with Crippen molar-refractivity contribution in [3.05, 3.63) is 30.3 Å². The van der Waals surface area contributed by atoms with E-state index in [1.807, 2.05) is 6.07 Å². The van der Waals surface area contributed by atoms with Crippen molar-refractivity contribution in [1.29, 1.82) is 0 Å². The Morgan fingerprint density at radius 2 is 1.12 bits per heavy atom. The van der Waals surface area contributed by atoms with E-state index in [4.69, 9.17) is 22.8 Å². The molecule has 0 amide bonds. The lowest BCUT2D eigenvalue weighted by Crippen LogP contribution is -2.38. The maximum atomic E-state index is 13.8. The topological polar surface area (TPSA) is 80.3 Å². The standard InChI is InChI=1S/C17H30O7P2/c1-6-17(24-16-14-12-11-13-15-16,25(18,20-7-2)21-8-3)26(19,22-9-4)23-10-5/h11-15H,6-10H2,1-5H3. The van der Waals surface area contributed by atoms with Gasteiger partial charge in [-0.25, -0.2) is 0 Å². The summed E-state index contributed by atoms with van der Waals surface area (Å²) in [6, 6.07) is 8.68. The van der Waals surface area contributed by atoms with Crippen LogP contribution in [0.5, 0.6) is 5.75 Å². The Bertz CT molecular complexity index is 571. The summed E-state index contributed by atoms with van der Waals surface area (Å²) in [5.41, 5.74) is 0. The molecule has 0 aliphatic heterocycles. The molecule has 0 atom stereocenters. The normalized spacial score (nSPS) is 13.0. The minimum atomic E-state index is -4.04. The number of ether oxygens (including phenoxy) is 1. The SMILES string of the molecule is CCOP(=O)(OCC)C(CC)(Oc1ccccc1)P(=O)(OCC)OCC. The molecule has 0 radical (unpaired) electrons. The molecule has 0 aliphatic rings. The first-order valence-corrected chi connectivity index (χ1v) is 12.0. The monoisotopic (exact) mass is 408 g/mol. The van der Waals surface area contributed by atoms with Gasteiger partial charge in [0.15, 0.2) is 0 Å².